The quantitative estimate of drug-likeness (QED) is 0.339. The van der Waals surface area contributed by atoms with Crippen LogP contribution in [0.1, 0.15) is 30.9 Å². The monoisotopic (exact) mass is 505 g/mol. The third-order valence-corrected chi connectivity index (χ3v) is 8.31. The van der Waals surface area contributed by atoms with Crippen LogP contribution in [0.25, 0.3) is 10.2 Å². The molecule has 2 unspecified atom stereocenters. The zero-order chi connectivity index (χ0) is 22.6. The highest BCUT2D eigenvalue weighted by Crippen LogP contribution is 2.45. The Bertz CT molecular complexity index is 1040. The lowest BCUT2D eigenvalue weighted by molar-refractivity contribution is -0.0386. The Morgan fingerprint density at radius 1 is 1.22 bits per heavy atom. The fourth-order valence-electron chi connectivity index (χ4n) is 5.15. The molecule has 2 saturated heterocycles. The van der Waals surface area contributed by atoms with Crippen LogP contribution in [0.5, 0.6) is 0 Å². The van der Waals surface area contributed by atoms with Gasteiger partial charge in [0.25, 0.3) is 0 Å². The summed E-state index contributed by atoms with van der Waals surface area (Å²) in [5.41, 5.74) is 1.18. The van der Waals surface area contributed by atoms with Gasteiger partial charge in [0.05, 0.1) is 16.8 Å². The first-order chi connectivity index (χ1) is 15.2. The van der Waals surface area contributed by atoms with Gasteiger partial charge in [-0.3, -0.25) is 4.57 Å². The highest BCUT2D eigenvalue weighted by Gasteiger charge is 2.45. The molecule has 3 aliphatic rings. The number of thiophene rings is 1. The molecule has 2 aromatic rings. The lowest BCUT2D eigenvalue weighted by Gasteiger charge is -2.19. The van der Waals surface area contributed by atoms with Crippen molar-refractivity contribution >= 4 is 46.6 Å². The van der Waals surface area contributed by atoms with E-state index < -0.39 is 38.4 Å². The predicted molar refractivity (Wildman–Crippen MR) is 118 cm³/mol. The second kappa shape index (κ2) is 8.72. The van der Waals surface area contributed by atoms with E-state index in [1.165, 1.54) is 30.6 Å². The van der Waals surface area contributed by atoms with E-state index in [-0.39, 0.29) is 11.9 Å². The summed E-state index contributed by atoms with van der Waals surface area (Å²) < 4.78 is 22.6. The molecule has 5 rings (SSSR count). The molecule has 6 atom stereocenters. The Morgan fingerprint density at radius 2 is 1.94 bits per heavy atom. The van der Waals surface area contributed by atoms with Gasteiger partial charge in [0.2, 0.25) is 5.28 Å². The Labute approximate surface area is 193 Å². The molecule has 0 radical (unpaired) electrons. The summed E-state index contributed by atoms with van der Waals surface area (Å²) in [6.45, 7) is 1.63. The van der Waals surface area contributed by atoms with Gasteiger partial charge in [-0.15, -0.1) is 11.3 Å². The van der Waals surface area contributed by atoms with Gasteiger partial charge in [-0.1, -0.05) is 6.42 Å². The fraction of sp³-hybridized carbons (Fsp3) is 0.684. The van der Waals surface area contributed by atoms with Gasteiger partial charge >= 0.3 is 7.60 Å². The van der Waals surface area contributed by atoms with Crippen molar-refractivity contribution in [1.29, 1.82) is 0 Å². The summed E-state index contributed by atoms with van der Waals surface area (Å²) in [4.78, 5) is 29.0. The summed E-state index contributed by atoms with van der Waals surface area (Å²) in [5, 5.41) is 22.9. The number of aliphatic hydroxyl groups excluding tert-OH is 2. The number of hydrogen-bond donors (Lipinski definition) is 4. The summed E-state index contributed by atoms with van der Waals surface area (Å²) in [6, 6.07) is 0. The summed E-state index contributed by atoms with van der Waals surface area (Å²) in [5.74, 6) is 2.16. The zero-order valence-corrected chi connectivity index (χ0v) is 19.5. The number of rotatable bonds is 6. The van der Waals surface area contributed by atoms with Gasteiger partial charge in [0.1, 0.15) is 30.8 Å². The molecule has 1 saturated carbocycles. The topological polar surface area (TPSA) is 145 Å². The molecule has 0 spiro atoms. The van der Waals surface area contributed by atoms with Crippen molar-refractivity contribution in [2.75, 3.05) is 30.9 Å². The molecule has 10 nitrogen and oxygen atoms in total. The maximum atomic E-state index is 11.0. The van der Waals surface area contributed by atoms with Crippen molar-refractivity contribution in [3.8, 4) is 0 Å². The van der Waals surface area contributed by atoms with Gasteiger partial charge < -0.3 is 34.4 Å². The first kappa shape index (κ1) is 22.9. The number of fused-ring (bicyclic) bond motifs is 2. The van der Waals surface area contributed by atoms with E-state index in [4.69, 9.17) is 30.9 Å². The van der Waals surface area contributed by atoms with Crippen LogP contribution in [0, 0.1) is 11.8 Å². The molecule has 3 fully saturated rings. The number of aromatic nitrogens is 2. The van der Waals surface area contributed by atoms with E-state index in [0.717, 1.165) is 23.6 Å². The molecule has 32 heavy (non-hydrogen) atoms. The minimum Gasteiger partial charge on any atom is -0.387 e. The molecule has 0 bridgehead atoms. The summed E-state index contributed by atoms with van der Waals surface area (Å²) >= 11 is 7.72. The van der Waals surface area contributed by atoms with E-state index in [1.807, 2.05) is 5.38 Å². The number of hydrogen-bond acceptors (Lipinski definition) is 9. The zero-order valence-electron chi connectivity index (χ0n) is 17.1. The third-order valence-electron chi connectivity index (χ3n) is 6.63. The fourth-order valence-corrected chi connectivity index (χ4v) is 6.70. The largest absolute Gasteiger partial charge is 0.387 e. The average molecular weight is 506 g/mol. The smallest absolute Gasteiger partial charge is 0.350 e. The maximum Gasteiger partial charge on any atom is 0.350 e. The van der Waals surface area contributed by atoms with Crippen LogP contribution in [0.2, 0.25) is 5.28 Å². The van der Waals surface area contributed by atoms with E-state index in [9.17, 15) is 14.8 Å². The second-order valence-corrected chi connectivity index (χ2v) is 11.6. The number of nitrogens with zero attached hydrogens (tertiary/aromatic N) is 3. The number of ether oxygens (including phenoxy) is 2. The van der Waals surface area contributed by atoms with Crippen LogP contribution in [-0.2, 0) is 14.0 Å². The minimum atomic E-state index is -4.34. The first-order valence-corrected chi connectivity index (χ1v) is 13.6. The molecule has 13 heteroatoms. The Kier molecular flexibility index (Phi) is 6.24. The van der Waals surface area contributed by atoms with E-state index in [2.05, 4.69) is 14.9 Å². The molecular formula is C19H25ClN3O7PS. The first-order valence-electron chi connectivity index (χ1n) is 10.5. The molecule has 176 valence electrons. The Morgan fingerprint density at radius 3 is 2.62 bits per heavy atom. The van der Waals surface area contributed by atoms with Crippen LogP contribution in [0.3, 0.4) is 0 Å². The highest BCUT2D eigenvalue weighted by atomic mass is 35.5. The van der Waals surface area contributed by atoms with Gasteiger partial charge in [-0.25, -0.2) is 4.98 Å². The summed E-state index contributed by atoms with van der Waals surface area (Å²) in [7, 11) is -4.34. The van der Waals surface area contributed by atoms with E-state index >= 15 is 0 Å². The van der Waals surface area contributed by atoms with E-state index in [0.29, 0.717) is 22.9 Å². The lowest BCUT2D eigenvalue weighted by Crippen LogP contribution is -2.33. The Balaban J connectivity index is 1.39. The van der Waals surface area contributed by atoms with Crippen LogP contribution >= 0.6 is 30.5 Å². The van der Waals surface area contributed by atoms with Crippen molar-refractivity contribution in [2.45, 2.75) is 43.7 Å². The molecule has 1 aliphatic carbocycles. The molecule has 2 aromatic heterocycles. The molecule has 2 aliphatic heterocycles. The highest BCUT2D eigenvalue weighted by molar-refractivity contribution is 7.51. The maximum absolute atomic E-state index is 11.0. The van der Waals surface area contributed by atoms with Crippen LogP contribution < -0.4 is 4.90 Å². The number of anilines is 1. The molecule has 4 heterocycles. The van der Waals surface area contributed by atoms with Gasteiger partial charge in [-0.05, 0) is 41.7 Å². The van der Waals surface area contributed by atoms with Crippen LogP contribution in [0.4, 0.5) is 5.82 Å². The van der Waals surface area contributed by atoms with Crippen molar-refractivity contribution in [2.24, 2.45) is 11.8 Å². The predicted octanol–water partition coefficient (Wildman–Crippen LogP) is 1.89. The van der Waals surface area contributed by atoms with Crippen LogP contribution in [-0.4, -0.2) is 74.3 Å². The second-order valence-electron chi connectivity index (χ2n) is 8.78. The molecule has 4 N–H and O–H groups in total. The number of halogens is 1. The average Bonchev–Trinajstić information content (AvgIpc) is 3.46. The SMILES string of the molecule is O=P(O)(O)COC[C@H]1O[C@H](c2csc3c(N4CC5CCCC5C4)nc(Cl)nc23)[C@H](O)[C@@H]1O. The van der Waals surface area contributed by atoms with Crippen molar-refractivity contribution in [1.82, 2.24) is 9.97 Å². The van der Waals surface area contributed by atoms with Gasteiger partial charge in [-0.2, -0.15) is 4.98 Å². The van der Waals surface area contributed by atoms with Gasteiger partial charge in [0, 0.05) is 18.7 Å². The van der Waals surface area contributed by atoms with Crippen molar-refractivity contribution in [3.05, 3.63) is 16.2 Å². The van der Waals surface area contributed by atoms with Crippen molar-refractivity contribution in [3.63, 3.8) is 0 Å². The number of aliphatic hydroxyl groups is 2. The molecule has 0 aromatic carbocycles. The molecule has 0 amide bonds. The normalized spacial score (nSPS) is 32.8. The third kappa shape index (κ3) is 4.31. The lowest BCUT2D eigenvalue weighted by atomic mass is 10.0. The van der Waals surface area contributed by atoms with E-state index in [1.54, 1.807) is 0 Å². The van der Waals surface area contributed by atoms with Crippen molar-refractivity contribution < 1.29 is 34.0 Å². The van der Waals surface area contributed by atoms with Crippen LogP contribution in [0.15, 0.2) is 5.38 Å². The molecular weight excluding hydrogens is 481 g/mol. The Hall–Kier alpha value is -0.880. The standard InChI is InChI=1S/C19H25ClN3O7PS/c20-19-21-13-11(16-15(25)14(24)12(30-16)6-29-8-31(26,27)28)7-32-17(13)18(22-19)23-4-9-2-1-3-10(9)5-23/h7,9-10,12,14-16,24-25H,1-6,8H2,(H2,26,27,28)/t9?,10?,12-,14-,15-,16-/m1/s1. The summed E-state index contributed by atoms with van der Waals surface area (Å²) in [6.07, 6.45) is -1.36. The minimum absolute atomic E-state index is 0.110. The van der Waals surface area contributed by atoms with Gasteiger partial charge in [0.15, 0.2) is 5.82 Å².